The first-order valence-corrected chi connectivity index (χ1v) is 6.98. The van der Waals surface area contributed by atoms with Crippen molar-refractivity contribution in [1.29, 1.82) is 0 Å². The summed E-state index contributed by atoms with van der Waals surface area (Å²) in [4.78, 5) is 4.94. The molecule has 1 atom stereocenters. The van der Waals surface area contributed by atoms with Gasteiger partial charge >= 0.3 is 0 Å². The van der Waals surface area contributed by atoms with Gasteiger partial charge in [-0.2, -0.15) is 0 Å². The molecule has 18 heavy (non-hydrogen) atoms. The normalized spacial score (nSPS) is 19.9. The van der Waals surface area contributed by atoms with Gasteiger partial charge in [-0.1, -0.05) is 33.0 Å². The van der Waals surface area contributed by atoms with Crippen molar-refractivity contribution in [3.63, 3.8) is 0 Å². The Morgan fingerprint density at radius 2 is 1.78 bits per heavy atom. The van der Waals surface area contributed by atoms with Gasteiger partial charge in [-0.05, 0) is 18.8 Å². The van der Waals surface area contributed by atoms with E-state index in [1.807, 2.05) is 7.05 Å². The first-order chi connectivity index (χ1) is 8.19. The Morgan fingerprint density at radius 3 is 2.22 bits per heavy atom. The highest BCUT2D eigenvalue weighted by Gasteiger charge is 2.38. The van der Waals surface area contributed by atoms with Crippen molar-refractivity contribution < 1.29 is 5.11 Å². The number of thiocarbonyl (C=S) groups is 1. The molecule has 0 aromatic carbocycles. The summed E-state index contributed by atoms with van der Waals surface area (Å²) in [5.41, 5.74) is 2.33. The lowest BCUT2D eigenvalue weighted by atomic mass is 9.90. The lowest BCUT2D eigenvalue weighted by Gasteiger charge is -2.41. The molecule has 1 N–H and O–H groups in total. The van der Waals surface area contributed by atoms with Crippen LogP contribution in [0.4, 0.5) is 0 Å². The molecule has 0 aromatic rings. The van der Waals surface area contributed by atoms with Crippen LogP contribution in [0.2, 0.25) is 0 Å². The largest absolute Gasteiger partial charge is 0.381 e. The van der Waals surface area contributed by atoms with Gasteiger partial charge in [-0.25, -0.2) is 0 Å². The Kier molecular flexibility index (Phi) is 4.78. The van der Waals surface area contributed by atoms with Crippen LogP contribution in [0.25, 0.3) is 0 Å². The summed E-state index contributed by atoms with van der Waals surface area (Å²) in [6.45, 7) is 10.6. The van der Waals surface area contributed by atoms with Crippen LogP contribution in [-0.4, -0.2) is 53.1 Å². The number of nitrogens with zero attached hydrogens (tertiary/aromatic N) is 2. The van der Waals surface area contributed by atoms with Crippen LogP contribution < -0.4 is 0 Å². The van der Waals surface area contributed by atoms with Gasteiger partial charge in [0.25, 0.3) is 0 Å². The summed E-state index contributed by atoms with van der Waals surface area (Å²) in [5.74, 6) is 0. The van der Waals surface area contributed by atoms with Gasteiger partial charge in [-0.15, -0.1) is 0 Å². The van der Waals surface area contributed by atoms with Gasteiger partial charge in [0.2, 0.25) is 0 Å². The molecule has 1 rings (SSSR count). The molecule has 104 valence electrons. The minimum absolute atomic E-state index is 0.315. The summed E-state index contributed by atoms with van der Waals surface area (Å²) in [6.07, 6.45) is 0.548. The molecular formula is C14H26N2OS. The predicted octanol–water partition coefficient (Wildman–Crippen LogP) is 2.26. The Bertz CT molecular complexity index is 357. The van der Waals surface area contributed by atoms with E-state index in [1.165, 1.54) is 0 Å². The molecule has 4 heteroatoms. The van der Waals surface area contributed by atoms with Crippen molar-refractivity contribution in [1.82, 2.24) is 9.80 Å². The molecule has 0 aromatic heterocycles. The molecule has 0 aliphatic heterocycles. The van der Waals surface area contributed by atoms with Crippen LogP contribution in [0.5, 0.6) is 0 Å². The number of likely N-dealkylation sites (N-methyl/N-ethyl adjacent to an activating group) is 1. The second kappa shape index (κ2) is 5.57. The highest BCUT2D eigenvalue weighted by atomic mass is 32.1. The van der Waals surface area contributed by atoms with Gasteiger partial charge < -0.3 is 14.9 Å². The highest BCUT2D eigenvalue weighted by molar-refractivity contribution is 7.81. The summed E-state index contributed by atoms with van der Waals surface area (Å²) in [6, 6.07) is 0. The molecule has 0 spiro atoms. The summed E-state index contributed by atoms with van der Waals surface area (Å²) in [5, 5.41) is 9.96. The minimum atomic E-state index is -0.558. The lowest BCUT2D eigenvalue weighted by molar-refractivity contribution is 0.200. The van der Waals surface area contributed by atoms with Crippen LogP contribution in [0.1, 0.15) is 34.1 Å². The van der Waals surface area contributed by atoms with Crippen molar-refractivity contribution in [3.05, 3.63) is 11.4 Å². The average Bonchev–Trinajstić information content (AvgIpc) is 2.29. The van der Waals surface area contributed by atoms with Crippen molar-refractivity contribution in [2.45, 2.75) is 40.2 Å². The molecule has 0 radical (unpaired) electrons. The summed E-state index contributed by atoms with van der Waals surface area (Å²) < 4.78 is 0. The van der Waals surface area contributed by atoms with E-state index in [2.05, 4.69) is 44.5 Å². The van der Waals surface area contributed by atoms with Gasteiger partial charge in [0, 0.05) is 27.2 Å². The third kappa shape index (κ3) is 3.23. The Labute approximate surface area is 116 Å². The van der Waals surface area contributed by atoms with Crippen molar-refractivity contribution >= 4 is 17.1 Å². The summed E-state index contributed by atoms with van der Waals surface area (Å²) in [7, 11) is 4.06. The number of rotatable bonds is 5. The third-order valence-electron chi connectivity index (χ3n) is 3.45. The highest BCUT2D eigenvalue weighted by Crippen LogP contribution is 2.31. The maximum absolute atomic E-state index is 9.96. The van der Waals surface area contributed by atoms with Crippen LogP contribution in [0.15, 0.2) is 11.4 Å². The molecule has 1 aliphatic carbocycles. The van der Waals surface area contributed by atoms with Crippen molar-refractivity contribution in [2.24, 2.45) is 5.41 Å². The Hall–Kier alpha value is -0.610. The molecule has 1 unspecified atom stereocenters. The average molecular weight is 270 g/mol. The van der Waals surface area contributed by atoms with Crippen LogP contribution in [-0.2, 0) is 0 Å². The second-order valence-corrected chi connectivity index (χ2v) is 6.69. The van der Waals surface area contributed by atoms with Gasteiger partial charge in [0.15, 0.2) is 0 Å². The maximum atomic E-state index is 9.96. The predicted molar refractivity (Wildman–Crippen MR) is 80.6 cm³/mol. The molecule has 0 saturated heterocycles. The monoisotopic (exact) mass is 270 g/mol. The van der Waals surface area contributed by atoms with E-state index in [-0.39, 0.29) is 0 Å². The summed E-state index contributed by atoms with van der Waals surface area (Å²) >= 11 is 5.28. The van der Waals surface area contributed by atoms with Crippen molar-refractivity contribution in [2.75, 3.05) is 27.2 Å². The van der Waals surface area contributed by atoms with Crippen molar-refractivity contribution in [3.8, 4) is 0 Å². The fourth-order valence-electron chi connectivity index (χ4n) is 1.99. The molecule has 0 amide bonds. The van der Waals surface area contributed by atoms with E-state index in [0.717, 1.165) is 30.9 Å². The SMILES string of the molecule is CCN(C)C1=C(N(C)CCC(C)(C)C)C(=S)C1O. The minimum Gasteiger partial charge on any atom is -0.381 e. The molecular weight excluding hydrogens is 244 g/mol. The van der Waals surface area contributed by atoms with Crippen LogP contribution in [0.3, 0.4) is 0 Å². The molecule has 0 bridgehead atoms. The number of aliphatic hydroxyl groups is 1. The van der Waals surface area contributed by atoms with E-state index in [9.17, 15) is 5.11 Å². The van der Waals surface area contributed by atoms with Gasteiger partial charge in [-0.3, -0.25) is 0 Å². The number of hydrogen-bond donors (Lipinski definition) is 1. The Balaban J connectivity index is 2.79. The Morgan fingerprint density at radius 1 is 1.22 bits per heavy atom. The first-order valence-electron chi connectivity index (χ1n) is 6.57. The second-order valence-electron chi connectivity index (χ2n) is 6.25. The molecule has 3 nitrogen and oxygen atoms in total. The number of hydrogen-bond acceptors (Lipinski definition) is 4. The molecule has 0 fully saturated rings. The quantitative estimate of drug-likeness (QED) is 0.775. The maximum Gasteiger partial charge on any atom is 0.133 e. The first kappa shape index (κ1) is 15.4. The topological polar surface area (TPSA) is 26.7 Å². The molecule has 1 aliphatic rings. The zero-order valence-corrected chi connectivity index (χ0v) is 13.3. The fraction of sp³-hybridized carbons (Fsp3) is 0.786. The van der Waals surface area contributed by atoms with E-state index < -0.39 is 6.10 Å². The van der Waals surface area contributed by atoms with Gasteiger partial charge in [0.05, 0.1) is 16.3 Å². The fourth-order valence-corrected chi connectivity index (χ4v) is 2.36. The van der Waals surface area contributed by atoms with E-state index in [4.69, 9.17) is 12.2 Å². The molecule has 0 saturated carbocycles. The van der Waals surface area contributed by atoms with Gasteiger partial charge in [0.1, 0.15) is 6.10 Å². The van der Waals surface area contributed by atoms with E-state index in [1.54, 1.807) is 0 Å². The zero-order chi connectivity index (χ0) is 14.1. The smallest absolute Gasteiger partial charge is 0.133 e. The zero-order valence-electron chi connectivity index (χ0n) is 12.4. The number of aliphatic hydroxyl groups excluding tert-OH is 1. The van der Waals surface area contributed by atoms with Crippen LogP contribution in [0, 0.1) is 5.41 Å². The standard InChI is InChI=1S/C14H26N2OS/c1-7-15(5)10-11(13(18)12(10)17)16(6)9-8-14(2,3)4/h12,17H,7-9H2,1-6H3. The molecule has 0 heterocycles. The van der Waals surface area contributed by atoms with E-state index in [0.29, 0.717) is 10.3 Å². The van der Waals surface area contributed by atoms with Crippen LogP contribution >= 0.6 is 12.2 Å². The third-order valence-corrected chi connectivity index (χ3v) is 3.86. The lowest BCUT2D eigenvalue weighted by Crippen LogP contribution is -2.48. The van der Waals surface area contributed by atoms with E-state index >= 15 is 0 Å².